The standard InChI is InChI=1S/C13H13NO3S/c15-11-6-12-14(11)7-10(18-12)8-17-13(16)9-4-2-1-3-5-9/h1-5,10,12H,6-8H2. The predicted molar refractivity (Wildman–Crippen MR) is 68.2 cm³/mol. The van der Waals surface area contributed by atoms with Crippen molar-refractivity contribution >= 4 is 23.6 Å². The van der Waals surface area contributed by atoms with Crippen molar-refractivity contribution in [1.82, 2.24) is 4.90 Å². The molecule has 4 nitrogen and oxygen atoms in total. The van der Waals surface area contributed by atoms with Crippen LogP contribution in [0.1, 0.15) is 16.8 Å². The van der Waals surface area contributed by atoms with Gasteiger partial charge in [0.25, 0.3) is 0 Å². The van der Waals surface area contributed by atoms with Gasteiger partial charge in [-0.25, -0.2) is 4.79 Å². The Kier molecular flexibility index (Phi) is 2.99. The Hall–Kier alpha value is -1.49. The molecular weight excluding hydrogens is 250 g/mol. The summed E-state index contributed by atoms with van der Waals surface area (Å²) in [5, 5.41) is 0.534. The molecule has 0 spiro atoms. The number of rotatable bonds is 3. The van der Waals surface area contributed by atoms with Crippen molar-refractivity contribution in [2.75, 3.05) is 13.2 Å². The fourth-order valence-electron chi connectivity index (χ4n) is 2.17. The summed E-state index contributed by atoms with van der Waals surface area (Å²) in [6.07, 6.45) is 0.633. The van der Waals surface area contributed by atoms with E-state index < -0.39 is 0 Å². The zero-order valence-corrected chi connectivity index (χ0v) is 10.6. The van der Waals surface area contributed by atoms with E-state index in [2.05, 4.69) is 0 Å². The molecule has 1 amide bonds. The van der Waals surface area contributed by atoms with Crippen molar-refractivity contribution in [2.24, 2.45) is 0 Å². The highest BCUT2D eigenvalue weighted by molar-refractivity contribution is 8.00. The quantitative estimate of drug-likeness (QED) is 0.612. The van der Waals surface area contributed by atoms with E-state index in [0.717, 1.165) is 0 Å². The SMILES string of the molecule is O=C(OCC1CN2C(=O)CC2S1)c1ccccc1. The number of nitrogens with zero attached hydrogens (tertiary/aromatic N) is 1. The van der Waals surface area contributed by atoms with Crippen LogP contribution in [-0.4, -0.2) is 40.6 Å². The first-order valence-corrected chi connectivity index (χ1v) is 6.85. The Morgan fingerprint density at radius 2 is 2.17 bits per heavy atom. The number of β-lactam (4-membered cyclic amide) rings is 1. The second kappa shape index (κ2) is 4.65. The lowest BCUT2D eigenvalue weighted by atomic mass is 10.2. The van der Waals surface area contributed by atoms with E-state index in [-0.39, 0.29) is 17.1 Å². The van der Waals surface area contributed by atoms with Crippen molar-refractivity contribution < 1.29 is 14.3 Å². The van der Waals surface area contributed by atoms with Gasteiger partial charge in [0.05, 0.1) is 22.6 Å². The minimum Gasteiger partial charge on any atom is -0.461 e. The minimum atomic E-state index is -0.295. The molecule has 1 aromatic carbocycles. The summed E-state index contributed by atoms with van der Waals surface area (Å²) in [7, 11) is 0. The van der Waals surface area contributed by atoms with E-state index in [1.54, 1.807) is 23.9 Å². The fraction of sp³-hybridized carbons (Fsp3) is 0.385. The maximum atomic E-state index is 11.7. The molecule has 0 N–H and O–H groups in total. The number of esters is 1. The molecule has 3 rings (SSSR count). The van der Waals surface area contributed by atoms with E-state index in [0.29, 0.717) is 30.5 Å². The number of benzene rings is 1. The van der Waals surface area contributed by atoms with Gasteiger partial charge in [0.2, 0.25) is 5.91 Å². The summed E-state index contributed by atoms with van der Waals surface area (Å²) in [6, 6.07) is 8.96. The summed E-state index contributed by atoms with van der Waals surface area (Å²) >= 11 is 1.73. The minimum absolute atomic E-state index is 0.212. The third-order valence-electron chi connectivity index (χ3n) is 3.18. The third kappa shape index (κ3) is 2.10. The average Bonchev–Trinajstić information content (AvgIpc) is 2.74. The highest BCUT2D eigenvalue weighted by Crippen LogP contribution is 2.39. The molecule has 5 heteroatoms. The molecule has 2 atom stereocenters. The fourth-order valence-corrected chi connectivity index (χ4v) is 3.60. The van der Waals surface area contributed by atoms with Gasteiger partial charge in [-0.05, 0) is 12.1 Å². The zero-order chi connectivity index (χ0) is 12.5. The van der Waals surface area contributed by atoms with Crippen LogP contribution in [0.5, 0.6) is 0 Å². The van der Waals surface area contributed by atoms with Gasteiger partial charge in [-0.1, -0.05) is 18.2 Å². The molecule has 0 aliphatic carbocycles. The molecule has 1 aromatic rings. The first-order valence-electron chi connectivity index (χ1n) is 5.91. The van der Waals surface area contributed by atoms with Crippen LogP contribution < -0.4 is 0 Å². The first-order chi connectivity index (χ1) is 8.74. The Labute approximate surface area is 109 Å². The van der Waals surface area contributed by atoms with E-state index in [4.69, 9.17) is 4.74 Å². The summed E-state index contributed by atoms with van der Waals surface area (Å²) in [5.41, 5.74) is 0.569. The smallest absolute Gasteiger partial charge is 0.338 e. The van der Waals surface area contributed by atoms with E-state index in [9.17, 15) is 9.59 Å². The Morgan fingerprint density at radius 1 is 1.39 bits per heavy atom. The normalized spacial score (nSPS) is 25.6. The van der Waals surface area contributed by atoms with Crippen molar-refractivity contribution in [3.63, 3.8) is 0 Å². The van der Waals surface area contributed by atoms with Gasteiger partial charge >= 0.3 is 5.97 Å². The number of carbonyl (C=O) groups excluding carboxylic acids is 2. The van der Waals surface area contributed by atoms with Crippen LogP contribution >= 0.6 is 11.8 Å². The topological polar surface area (TPSA) is 46.6 Å². The molecule has 0 aromatic heterocycles. The molecule has 2 aliphatic rings. The van der Waals surface area contributed by atoms with Crippen molar-refractivity contribution in [3.05, 3.63) is 35.9 Å². The van der Waals surface area contributed by atoms with Crippen LogP contribution in [-0.2, 0) is 9.53 Å². The van der Waals surface area contributed by atoms with Crippen LogP contribution in [0.4, 0.5) is 0 Å². The molecule has 0 radical (unpaired) electrons. The number of carbonyl (C=O) groups is 2. The second-order valence-electron chi connectivity index (χ2n) is 4.43. The average molecular weight is 263 g/mol. The van der Waals surface area contributed by atoms with Crippen LogP contribution in [0.2, 0.25) is 0 Å². The molecule has 0 saturated carbocycles. The third-order valence-corrected chi connectivity index (χ3v) is 4.58. The van der Waals surface area contributed by atoms with Crippen LogP contribution in [0.15, 0.2) is 30.3 Å². The van der Waals surface area contributed by atoms with Crippen molar-refractivity contribution in [2.45, 2.75) is 17.0 Å². The Morgan fingerprint density at radius 3 is 2.83 bits per heavy atom. The van der Waals surface area contributed by atoms with E-state index >= 15 is 0 Å². The molecule has 18 heavy (non-hydrogen) atoms. The van der Waals surface area contributed by atoms with Gasteiger partial charge in [-0.2, -0.15) is 0 Å². The number of ether oxygens (including phenoxy) is 1. The molecule has 0 bridgehead atoms. The molecule has 94 valence electrons. The van der Waals surface area contributed by atoms with Crippen LogP contribution in [0.3, 0.4) is 0 Å². The molecule has 2 heterocycles. The highest BCUT2D eigenvalue weighted by Gasteiger charge is 2.44. The molecule has 2 fully saturated rings. The van der Waals surface area contributed by atoms with E-state index in [1.165, 1.54) is 0 Å². The predicted octanol–water partition coefficient (Wildman–Crippen LogP) is 1.52. The lowest BCUT2D eigenvalue weighted by Crippen LogP contribution is -2.47. The van der Waals surface area contributed by atoms with Gasteiger partial charge in [0, 0.05) is 6.54 Å². The first kappa shape index (κ1) is 11.6. The van der Waals surface area contributed by atoms with E-state index in [1.807, 2.05) is 23.1 Å². The highest BCUT2D eigenvalue weighted by atomic mass is 32.2. The van der Waals surface area contributed by atoms with Crippen molar-refractivity contribution in [3.8, 4) is 0 Å². The number of hydrogen-bond donors (Lipinski definition) is 0. The molecular formula is C13H13NO3S. The lowest BCUT2D eigenvalue weighted by Gasteiger charge is -2.32. The number of amides is 1. The lowest BCUT2D eigenvalue weighted by molar-refractivity contribution is -0.140. The van der Waals surface area contributed by atoms with Crippen molar-refractivity contribution in [1.29, 1.82) is 0 Å². The largest absolute Gasteiger partial charge is 0.461 e. The number of hydrogen-bond acceptors (Lipinski definition) is 4. The maximum Gasteiger partial charge on any atom is 0.338 e. The van der Waals surface area contributed by atoms with Gasteiger partial charge in [0.1, 0.15) is 6.61 Å². The summed E-state index contributed by atoms with van der Waals surface area (Å²) < 4.78 is 5.27. The van der Waals surface area contributed by atoms with Crippen LogP contribution in [0, 0.1) is 0 Å². The van der Waals surface area contributed by atoms with Gasteiger partial charge in [-0.15, -0.1) is 11.8 Å². The Bertz CT molecular complexity index is 476. The molecule has 2 aliphatic heterocycles. The van der Waals surface area contributed by atoms with Gasteiger partial charge < -0.3 is 9.64 Å². The van der Waals surface area contributed by atoms with Gasteiger partial charge in [0.15, 0.2) is 0 Å². The Balaban J connectivity index is 1.51. The number of thioether (sulfide) groups is 1. The van der Waals surface area contributed by atoms with Gasteiger partial charge in [-0.3, -0.25) is 4.79 Å². The summed E-state index contributed by atoms with van der Waals surface area (Å²) in [6.45, 7) is 1.08. The van der Waals surface area contributed by atoms with Crippen LogP contribution in [0.25, 0.3) is 0 Å². The summed E-state index contributed by atoms with van der Waals surface area (Å²) in [5.74, 6) is -0.0823. The monoisotopic (exact) mass is 263 g/mol. The molecule has 2 saturated heterocycles. The molecule has 2 unspecified atom stereocenters. The maximum absolute atomic E-state index is 11.7. The number of fused-ring (bicyclic) bond motifs is 1. The zero-order valence-electron chi connectivity index (χ0n) is 9.74. The second-order valence-corrected chi connectivity index (χ2v) is 5.91. The summed E-state index contributed by atoms with van der Waals surface area (Å²) in [4.78, 5) is 24.8.